The van der Waals surface area contributed by atoms with Crippen LogP contribution in [-0.2, 0) is 0 Å². The number of allylic oxidation sites excluding steroid dienone is 3. The second-order valence-electron chi connectivity index (χ2n) is 13.3. The smallest absolute Gasteiger partial charge is 0.0541 e. The van der Waals surface area contributed by atoms with E-state index in [9.17, 15) is 0 Å². The molecule has 0 radical (unpaired) electrons. The minimum atomic E-state index is 1.04. The van der Waals surface area contributed by atoms with Crippen molar-refractivity contribution in [3.8, 4) is 22.5 Å². The molecule has 0 aliphatic heterocycles. The quantitative estimate of drug-likeness (QED) is 0.174. The lowest BCUT2D eigenvalue weighted by molar-refractivity contribution is 0.997. The van der Waals surface area contributed by atoms with Gasteiger partial charge in [-0.05, 0) is 103 Å². The minimum Gasteiger partial charge on any atom is -0.311 e. The van der Waals surface area contributed by atoms with E-state index in [1.807, 2.05) is 0 Å². The SMILES string of the molecule is C1=CC(N(c2ccc(-c3ccc(-n4c5ccccc5c5ccccc54)cc3)cc2)c2ccc(-n3c4ccccc4c4ccccc43)cc2)=CCC1. The Morgan fingerprint density at radius 1 is 0.373 bits per heavy atom. The Bertz CT molecular complexity index is 2670. The fourth-order valence-electron chi connectivity index (χ4n) is 7.97. The van der Waals surface area contributed by atoms with E-state index in [1.54, 1.807) is 0 Å². The van der Waals surface area contributed by atoms with Gasteiger partial charge in [-0.1, -0.05) is 109 Å². The molecule has 0 bridgehead atoms. The highest BCUT2D eigenvalue weighted by Gasteiger charge is 2.17. The van der Waals surface area contributed by atoms with Crippen LogP contribution in [0.15, 0.2) is 194 Å². The van der Waals surface area contributed by atoms with E-state index in [4.69, 9.17) is 0 Å². The van der Waals surface area contributed by atoms with Crippen LogP contribution in [0.25, 0.3) is 66.1 Å². The van der Waals surface area contributed by atoms with Crippen LogP contribution in [0.2, 0.25) is 0 Å². The van der Waals surface area contributed by atoms with Gasteiger partial charge in [-0.2, -0.15) is 0 Å². The van der Waals surface area contributed by atoms with Gasteiger partial charge in [-0.15, -0.1) is 0 Å². The number of hydrogen-bond acceptors (Lipinski definition) is 1. The van der Waals surface area contributed by atoms with Crippen LogP contribution in [0.1, 0.15) is 12.8 Å². The first-order chi connectivity index (χ1) is 25.3. The zero-order chi connectivity index (χ0) is 33.7. The van der Waals surface area contributed by atoms with Crippen LogP contribution >= 0.6 is 0 Å². The predicted molar refractivity (Wildman–Crippen MR) is 216 cm³/mol. The van der Waals surface area contributed by atoms with Crippen LogP contribution in [0.4, 0.5) is 11.4 Å². The van der Waals surface area contributed by atoms with Gasteiger partial charge in [0.25, 0.3) is 0 Å². The minimum absolute atomic E-state index is 1.04. The molecule has 0 saturated carbocycles. The molecule has 242 valence electrons. The van der Waals surface area contributed by atoms with E-state index in [1.165, 1.54) is 66.1 Å². The monoisotopic (exact) mass is 653 g/mol. The predicted octanol–water partition coefficient (Wildman–Crippen LogP) is 12.9. The van der Waals surface area contributed by atoms with Crippen molar-refractivity contribution in [2.45, 2.75) is 12.8 Å². The van der Waals surface area contributed by atoms with Crippen molar-refractivity contribution < 1.29 is 0 Å². The molecule has 3 heteroatoms. The summed E-state index contributed by atoms with van der Waals surface area (Å²) in [6, 6.07) is 61.7. The van der Waals surface area contributed by atoms with Gasteiger partial charge >= 0.3 is 0 Å². The third kappa shape index (κ3) is 4.89. The fraction of sp³-hybridized carbons (Fsp3) is 0.0417. The van der Waals surface area contributed by atoms with Gasteiger partial charge in [0, 0.05) is 50.0 Å². The van der Waals surface area contributed by atoms with Crippen LogP contribution < -0.4 is 4.90 Å². The van der Waals surface area contributed by atoms with Crippen molar-refractivity contribution in [3.63, 3.8) is 0 Å². The molecule has 9 aromatic rings. The van der Waals surface area contributed by atoms with Gasteiger partial charge in [0.1, 0.15) is 0 Å². The van der Waals surface area contributed by atoms with Gasteiger partial charge in [-0.25, -0.2) is 0 Å². The van der Waals surface area contributed by atoms with Crippen molar-refractivity contribution in [3.05, 3.63) is 194 Å². The molecule has 0 N–H and O–H groups in total. The summed E-state index contributed by atoms with van der Waals surface area (Å²) in [7, 11) is 0. The normalized spacial score (nSPS) is 13.0. The van der Waals surface area contributed by atoms with E-state index in [2.05, 4.69) is 202 Å². The van der Waals surface area contributed by atoms with Crippen molar-refractivity contribution in [2.75, 3.05) is 4.90 Å². The third-order valence-corrected chi connectivity index (χ3v) is 10.3. The Kier molecular flexibility index (Phi) is 6.95. The summed E-state index contributed by atoms with van der Waals surface area (Å²) in [5, 5.41) is 5.11. The Hall–Kier alpha value is -6.58. The Balaban J connectivity index is 0.989. The Labute approximate surface area is 297 Å². The summed E-state index contributed by atoms with van der Waals surface area (Å²) in [5.74, 6) is 0. The van der Waals surface area contributed by atoms with Gasteiger partial charge in [-0.3, -0.25) is 0 Å². The van der Waals surface area contributed by atoms with Gasteiger partial charge in [0.2, 0.25) is 0 Å². The number of benzene rings is 7. The maximum atomic E-state index is 2.38. The molecule has 0 saturated heterocycles. The van der Waals surface area contributed by atoms with Crippen LogP contribution in [-0.4, -0.2) is 9.13 Å². The molecule has 2 heterocycles. The standard InChI is InChI=1S/C48H35N3/c1-2-12-36(13-3-1)49(38-30-32-40(33-31-38)51-47-20-10-6-16-43(47)44-17-7-11-21-48(44)51)37-26-22-34(23-27-37)35-24-28-39(29-25-35)50-45-18-8-4-14-41(45)42-15-5-9-19-46(42)50/h2,4-33H,1,3H2. The molecule has 0 unspecified atom stereocenters. The number of hydrogen-bond donors (Lipinski definition) is 0. The van der Waals surface area contributed by atoms with Gasteiger partial charge < -0.3 is 14.0 Å². The zero-order valence-electron chi connectivity index (χ0n) is 28.2. The summed E-state index contributed by atoms with van der Waals surface area (Å²) in [6.07, 6.45) is 9.00. The molecule has 51 heavy (non-hydrogen) atoms. The summed E-state index contributed by atoms with van der Waals surface area (Å²) in [4.78, 5) is 2.38. The van der Waals surface area contributed by atoms with E-state index >= 15 is 0 Å². The van der Waals surface area contributed by atoms with Crippen LogP contribution in [0.5, 0.6) is 0 Å². The lowest BCUT2D eigenvalue weighted by atomic mass is 10.0. The maximum absolute atomic E-state index is 2.38. The average molecular weight is 654 g/mol. The second-order valence-corrected chi connectivity index (χ2v) is 13.3. The van der Waals surface area contributed by atoms with E-state index in [0.717, 1.165) is 29.9 Å². The third-order valence-electron chi connectivity index (χ3n) is 10.3. The lowest BCUT2D eigenvalue weighted by Crippen LogP contribution is -2.16. The Morgan fingerprint density at radius 2 is 0.745 bits per heavy atom. The average Bonchev–Trinajstić information content (AvgIpc) is 3.72. The molecule has 1 aliphatic carbocycles. The van der Waals surface area contributed by atoms with Crippen molar-refractivity contribution >= 4 is 55.0 Å². The van der Waals surface area contributed by atoms with Gasteiger partial charge in [0.15, 0.2) is 0 Å². The molecular formula is C48H35N3. The number of aromatic nitrogens is 2. The zero-order valence-corrected chi connectivity index (χ0v) is 28.2. The molecule has 0 amide bonds. The highest BCUT2D eigenvalue weighted by atomic mass is 15.1. The molecule has 10 rings (SSSR count). The molecular weight excluding hydrogens is 619 g/mol. The summed E-state index contributed by atoms with van der Waals surface area (Å²) in [6.45, 7) is 0. The number of anilines is 2. The first-order valence-electron chi connectivity index (χ1n) is 17.8. The first kappa shape index (κ1) is 29.3. The fourth-order valence-corrected chi connectivity index (χ4v) is 7.97. The largest absolute Gasteiger partial charge is 0.311 e. The van der Waals surface area contributed by atoms with Crippen molar-refractivity contribution in [1.82, 2.24) is 9.13 Å². The molecule has 0 spiro atoms. The van der Waals surface area contributed by atoms with Crippen molar-refractivity contribution in [1.29, 1.82) is 0 Å². The lowest BCUT2D eigenvalue weighted by Gasteiger charge is -2.28. The molecule has 0 atom stereocenters. The maximum Gasteiger partial charge on any atom is 0.0541 e. The number of para-hydroxylation sites is 4. The van der Waals surface area contributed by atoms with Gasteiger partial charge in [0.05, 0.1) is 22.1 Å². The number of nitrogens with zero attached hydrogens (tertiary/aromatic N) is 3. The number of rotatable bonds is 6. The summed E-state index contributed by atoms with van der Waals surface area (Å²) >= 11 is 0. The van der Waals surface area contributed by atoms with E-state index in [0.29, 0.717) is 0 Å². The summed E-state index contributed by atoms with van der Waals surface area (Å²) < 4.78 is 4.74. The Morgan fingerprint density at radius 3 is 1.16 bits per heavy atom. The second kappa shape index (κ2) is 12.1. The first-order valence-corrected chi connectivity index (χ1v) is 17.8. The van der Waals surface area contributed by atoms with E-state index < -0.39 is 0 Å². The molecule has 3 nitrogen and oxygen atoms in total. The van der Waals surface area contributed by atoms with E-state index in [-0.39, 0.29) is 0 Å². The van der Waals surface area contributed by atoms with Crippen LogP contribution in [0, 0.1) is 0 Å². The molecule has 0 fully saturated rings. The highest BCUT2D eigenvalue weighted by molar-refractivity contribution is 6.10. The van der Waals surface area contributed by atoms with Crippen molar-refractivity contribution in [2.24, 2.45) is 0 Å². The molecule has 1 aliphatic rings. The number of fused-ring (bicyclic) bond motifs is 6. The van der Waals surface area contributed by atoms with Crippen LogP contribution in [0.3, 0.4) is 0 Å². The molecule has 2 aromatic heterocycles. The molecule has 7 aromatic carbocycles. The summed E-state index contributed by atoms with van der Waals surface area (Å²) in [5.41, 5.74) is 13.1. The highest BCUT2D eigenvalue weighted by Crippen LogP contribution is 2.37. The topological polar surface area (TPSA) is 13.1 Å².